The number of aromatic hydroxyl groups is 1. The van der Waals surface area contributed by atoms with Crippen LogP contribution in [0.5, 0.6) is 5.88 Å². The monoisotopic (exact) mass is 232 g/mol. The highest BCUT2D eigenvalue weighted by molar-refractivity contribution is 5.87. The highest BCUT2D eigenvalue weighted by Crippen LogP contribution is 2.18. The molecule has 5 nitrogen and oxygen atoms in total. The van der Waals surface area contributed by atoms with E-state index in [1.807, 2.05) is 18.2 Å². The third-order valence-electron chi connectivity index (χ3n) is 2.18. The predicted octanol–water partition coefficient (Wildman–Crippen LogP) is 1.75. The van der Waals surface area contributed by atoms with E-state index in [9.17, 15) is 9.90 Å². The summed E-state index contributed by atoms with van der Waals surface area (Å²) in [6.07, 6.45) is 0. The normalized spacial score (nSPS) is 10.2. The van der Waals surface area contributed by atoms with Crippen molar-refractivity contribution in [1.82, 2.24) is 9.78 Å². The molecule has 0 aliphatic carbocycles. The van der Waals surface area contributed by atoms with Crippen molar-refractivity contribution >= 4 is 5.97 Å². The van der Waals surface area contributed by atoms with E-state index < -0.39 is 5.97 Å². The number of para-hydroxylation sites is 1. The first-order valence-electron chi connectivity index (χ1n) is 5.24. The number of carbonyl (C=O) groups excluding carboxylic acids is 1. The maximum Gasteiger partial charge on any atom is 0.358 e. The summed E-state index contributed by atoms with van der Waals surface area (Å²) in [5, 5.41) is 13.7. The molecule has 0 spiro atoms. The van der Waals surface area contributed by atoms with Crippen molar-refractivity contribution < 1.29 is 14.6 Å². The van der Waals surface area contributed by atoms with Crippen LogP contribution in [0.4, 0.5) is 0 Å². The van der Waals surface area contributed by atoms with Crippen LogP contribution in [0, 0.1) is 0 Å². The standard InChI is InChI=1S/C12H12N2O3/c1-2-17-12(16)10-8-11(15)14(13-10)9-6-4-3-5-7-9/h3-8,15H,2H2,1H3. The van der Waals surface area contributed by atoms with Gasteiger partial charge in [-0.1, -0.05) is 18.2 Å². The lowest BCUT2D eigenvalue weighted by Crippen LogP contribution is -2.06. The van der Waals surface area contributed by atoms with Crippen molar-refractivity contribution in [3.63, 3.8) is 0 Å². The molecule has 0 fully saturated rings. The molecule has 88 valence electrons. The van der Waals surface area contributed by atoms with E-state index in [2.05, 4.69) is 5.10 Å². The van der Waals surface area contributed by atoms with E-state index in [1.165, 1.54) is 10.7 Å². The van der Waals surface area contributed by atoms with Gasteiger partial charge in [0.05, 0.1) is 12.3 Å². The fourth-order valence-corrected chi connectivity index (χ4v) is 1.44. The Bertz CT molecular complexity index is 520. The Balaban J connectivity index is 2.35. The number of hydrogen-bond acceptors (Lipinski definition) is 4. The van der Waals surface area contributed by atoms with Crippen molar-refractivity contribution in [2.75, 3.05) is 6.61 Å². The first-order chi connectivity index (χ1) is 8.22. The van der Waals surface area contributed by atoms with Crippen LogP contribution in [-0.2, 0) is 4.74 Å². The summed E-state index contributed by atoms with van der Waals surface area (Å²) in [5.74, 6) is -0.642. The number of carbonyl (C=O) groups is 1. The zero-order valence-electron chi connectivity index (χ0n) is 9.33. The van der Waals surface area contributed by atoms with Gasteiger partial charge in [-0.25, -0.2) is 9.48 Å². The van der Waals surface area contributed by atoms with Gasteiger partial charge in [0, 0.05) is 6.07 Å². The van der Waals surface area contributed by atoms with Crippen molar-refractivity contribution in [2.45, 2.75) is 6.92 Å². The second-order valence-corrected chi connectivity index (χ2v) is 3.36. The second-order valence-electron chi connectivity index (χ2n) is 3.36. The number of ether oxygens (including phenoxy) is 1. The molecule has 1 aromatic carbocycles. The summed E-state index contributed by atoms with van der Waals surface area (Å²) in [4.78, 5) is 11.4. The molecule has 0 saturated carbocycles. The van der Waals surface area contributed by atoms with Gasteiger partial charge in [0.25, 0.3) is 0 Å². The molecule has 5 heteroatoms. The zero-order chi connectivity index (χ0) is 12.3. The van der Waals surface area contributed by atoms with E-state index in [4.69, 9.17) is 4.74 Å². The average Bonchev–Trinajstić information content (AvgIpc) is 2.73. The van der Waals surface area contributed by atoms with Crippen LogP contribution >= 0.6 is 0 Å². The van der Waals surface area contributed by atoms with Crippen molar-refractivity contribution in [3.05, 3.63) is 42.1 Å². The molecule has 2 aromatic rings. The summed E-state index contributed by atoms with van der Waals surface area (Å²) >= 11 is 0. The largest absolute Gasteiger partial charge is 0.493 e. The Labute approximate surface area is 98.3 Å². The lowest BCUT2D eigenvalue weighted by Gasteiger charge is -2.01. The second kappa shape index (κ2) is 4.69. The molecule has 0 unspecified atom stereocenters. The fourth-order valence-electron chi connectivity index (χ4n) is 1.44. The van der Waals surface area contributed by atoms with Gasteiger partial charge in [-0.2, -0.15) is 5.10 Å². The van der Waals surface area contributed by atoms with Gasteiger partial charge in [-0.05, 0) is 19.1 Å². The third-order valence-corrected chi connectivity index (χ3v) is 2.18. The van der Waals surface area contributed by atoms with Crippen molar-refractivity contribution in [2.24, 2.45) is 0 Å². The summed E-state index contributed by atoms with van der Waals surface area (Å²) in [7, 11) is 0. The minimum absolute atomic E-state index is 0.0909. The van der Waals surface area contributed by atoms with E-state index in [0.29, 0.717) is 5.69 Å². The highest BCUT2D eigenvalue weighted by atomic mass is 16.5. The molecular weight excluding hydrogens is 220 g/mol. The molecule has 0 aliphatic rings. The van der Waals surface area contributed by atoms with E-state index in [-0.39, 0.29) is 18.2 Å². The lowest BCUT2D eigenvalue weighted by molar-refractivity contribution is 0.0519. The molecule has 1 heterocycles. The lowest BCUT2D eigenvalue weighted by atomic mass is 10.3. The first-order valence-corrected chi connectivity index (χ1v) is 5.24. The molecule has 0 amide bonds. The fraction of sp³-hybridized carbons (Fsp3) is 0.167. The molecule has 1 aromatic heterocycles. The number of aromatic nitrogens is 2. The number of hydrogen-bond donors (Lipinski definition) is 1. The van der Waals surface area contributed by atoms with Crippen molar-refractivity contribution in [3.8, 4) is 11.6 Å². The smallest absolute Gasteiger partial charge is 0.358 e. The molecule has 0 aliphatic heterocycles. The van der Waals surface area contributed by atoms with Gasteiger partial charge in [0.1, 0.15) is 0 Å². The van der Waals surface area contributed by atoms with Crippen LogP contribution < -0.4 is 0 Å². The highest BCUT2D eigenvalue weighted by Gasteiger charge is 2.15. The van der Waals surface area contributed by atoms with Crippen LogP contribution in [-0.4, -0.2) is 27.5 Å². The first kappa shape index (κ1) is 11.2. The number of benzene rings is 1. The van der Waals surface area contributed by atoms with Crippen LogP contribution in [0.3, 0.4) is 0 Å². The summed E-state index contributed by atoms with van der Waals surface area (Å²) in [5.41, 5.74) is 0.772. The molecule has 0 bridgehead atoms. The molecule has 0 atom stereocenters. The maximum absolute atomic E-state index is 11.4. The predicted molar refractivity (Wildman–Crippen MR) is 61.2 cm³/mol. The number of esters is 1. The Hall–Kier alpha value is -2.30. The summed E-state index contributed by atoms with van der Waals surface area (Å²) < 4.78 is 6.09. The minimum Gasteiger partial charge on any atom is -0.493 e. The number of nitrogens with zero attached hydrogens (tertiary/aromatic N) is 2. The zero-order valence-corrected chi connectivity index (χ0v) is 9.33. The summed E-state index contributed by atoms with van der Waals surface area (Å²) in [6, 6.07) is 10.3. The van der Waals surface area contributed by atoms with Crippen LogP contribution in [0.2, 0.25) is 0 Å². The van der Waals surface area contributed by atoms with E-state index >= 15 is 0 Å². The molecular formula is C12H12N2O3. The van der Waals surface area contributed by atoms with Crippen LogP contribution in [0.15, 0.2) is 36.4 Å². The Kier molecular flexibility index (Phi) is 3.09. The van der Waals surface area contributed by atoms with E-state index in [0.717, 1.165) is 0 Å². The molecule has 0 saturated heterocycles. The summed E-state index contributed by atoms with van der Waals surface area (Å²) in [6.45, 7) is 1.99. The maximum atomic E-state index is 11.4. The minimum atomic E-state index is -0.544. The van der Waals surface area contributed by atoms with Crippen LogP contribution in [0.1, 0.15) is 17.4 Å². The molecule has 17 heavy (non-hydrogen) atoms. The average molecular weight is 232 g/mol. The van der Waals surface area contributed by atoms with Gasteiger partial charge in [0.15, 0.2) is 5.69 Å². The van der Waals surface area contributed by atoms with Gasteiger partial charge < -0.3 is 9.84 Å². The Morgan fingerprint density at radius 1 is 1.41 bits per heavy atom. The number of rotatable bonds is 3. The van der Waals surface area contributed by atoms with Gasteiger partial charge >= 0.3 is 5.97 Å². The topological polar surface area (TPSA) is 64.3 Å². The van der Waals surface area contributed by atoms with Gasteiger partial charge in [0.2, 0.25) is 5.88 Å². The van der Waals surface area contributed by atoms with Gasteiger partial charge in [-0.3, -0.25) is 0 Å². The quantitative estimate of drug-likeness (QED) is 0.819. The van der Waals surface area contributed by atoms with Crippen molar-refractivity contribution in [1.29, 1.82) is 0 Å². The van der Waals surface area contributed by atoms with E-state index in [1.54, 1.807) is 19.1 Å². The van der Waals surface area contributed by atoms with Gasteiger partial charge in [-0.15, -0.1) is 0 Å². The molecule has 2 rings (SSSR count). The van der Waals surface area contributed by atoms with Crippen LogP contribution in [0.25, 0.3) is 5.69 Å². The molecule has 1 N–H and O–H groups in total. The third kappa shape index (κ3) is 2.28. The molecule has 0 radical (unpaired) electrons. The SMILES string of the molecule is CCOC(=O)c1cc(O)n(-c2ccccc2)n1. The Morgan fingerprint density at radius 3 is 2.76 bits per heavy atom. The Morgan fingerprint density at radius 2 is 2.12 bits per heavy atom.